The van der Waals surface area contributed by atoms with Crippen molar-refractivity contribution < 1.29 is 14.5 Å². The highest BCUT2D eigenvalue weighted by Gasteiger charge is 2.38. The quantitative estimate of drug-likeness (QED) is 0.722. The number of hydrogen-bond acceptors (Lipinski definition) is 4. The van der Waals surface area contributed by atoms with Crippen LogP contribution in [0.15, 0.2) is 42.5 Å². The second-order valence-electron chi connectivity index (χ2n) is 6.83. The number of aromatic nitrogens is 1. The van der Waals surface area contributed by atoms with Gasteiger partial charge in [0.1, 0.15) is 6.04 Å². The summed E-state index contributed by atoms with van der Waals surface area (Å²) in [6.07, 6.45) is 0. The average molecular weight is 366 g/mol. The molecule has 0 spiro atoms. The molecule has 6 heteroatoms. The van der Waals surface area contributed by atoms with Gasteiger partial charge in [-0.25, -0.2) is 4.98 Å². The van der Waals surface area contributed by atoms with Crippen LogP contribution in [-0.4, -0.2) is 30.4 Å². The number of quaternary nitrogens is 1. The number of anilines is 1. The predicted molar refractivity (Wildman–Crippen MR) is 103 cm³/mol. The highest BCUT2D eigenvalue weighted by atomic mass is 32.1. The Morgan fingerprint density at radius 1 is 1.19 bits per heavy atom. The van der Waals surface area contributed by atoms with Crippen LogP contribution in [0.4, 0.5) is 5.69 Å². The maximum Gasteiger partial charge on any atom is 0.303 e. The first-order chi connectivity index (χ1) is 12.5. The van der Waals surface area contributed by atoms with Gasteiger partial charge < -0.3 is 4.90 Å². The van der Waals surface area contributed by atoms with E-state index < -0.39 is 11.7 Å². The lowest BCUT2D eigenvalue weighted by molar-refractivity contribution is -0.908. The molecule has 1 aromatic heterocycles. The smallest absolute Gasteiger partial charge is 0.303 e. The summed E-state index contributed by atoms with van der Waals surface area (Å²) in [6.45, 7) is 4.45. The molecule has 0 saturated heterocycles. The second-order valence-corrected chi connectivity index (χ2v) is 7.89. The van der Waals surface area contributed by atoms with Crippen LogP contribution in [0.25, 0.3) is 10.2 Å². The zero-order chi connectivity index (χ0) is 18.4. The summed E-state index contributed by atoms with van der Waals surface area (Å²) in [5.74, 6) is -0.856. The van der Waals surface area contributed by atoms with E-state index in [2.05, 4.69) is 13.0 Å². The number of amides is 1. The number of nitrogens with one attached hydrogen (secondary N) is 1. The van der Waals surface area contributed by atoms with E-state index in [1.54, 1.807) is 22.3 Å². The van der Waals surface area contributed by atoms with E-state index in [1.165, 1.54) is 0 Å². The van der Waals surface area contributed by atoms with Crippen LogP contribution in [0.2, 0.25) is 0 Å². The Morgan fingerprint density at radius 3 is 2.73 bits per heavy atom. The van der Waals surface area contributed by atoms with Gasteiger partial charge in [-0.3, -0.25) is 14.5 Å². The van der Waals surface area contributed by atoms with Gasteiger partial charge in [0, 0.05) is 0 Å². The number of benzene rings is 2. The number of carbonyl (C=O) groups is 2. The lowest BCUT2D eigenvalue weighted by Gasteiger charge is -2.25. The number of nitrogens with zero attached hydrogens (tertiary/aromatic N) is 2. The van der Waals surface area contributed by atoms with Gasteiger partial charge in [0.15, 0.2) is 11.7 Å². The molecule has 1 unspecified atom stereocenters. The summed E-state index contributed by atoms with van der Waals surface area (Å²) in [7, 11) is 2.03. The zero-order valence-electron chi connectivity index (χ0n) is 14.9. The van der Waals surface area contributed by atoms with Crippen LogP contribution >= 0.6 is 11.3 Å². The maximum absolute atomic E-state index is 12.5. The fourth-order valence-corrected chi connectivity index (χ4v) is 4.36. The minimum absolute atomic E-state index is 0.116. The van der Waals surface area contributed by atoms with Gasteiger partial charge in [-0.05, 0) is 38.1 Å². The van der Waals surface area contributed by atoms with Gasteiger partial charge >= 0.3 is 5.91 Å². The topological polar surface area (TPSA) is 54.7 Å². The fraction of sp³-hybridized carbons (Fsp3) is 0.250. The standard InChI is InChI=1S/C20H19N3O2S/c1-12-8-9-16-14(10-12)18(24)20(25)23(16)11-22(3)13(2)19-21-15-6-4-5-7-17(15)26-19/h4-10,13H,11H2,1-3H3/p+1/t13-/m0/s1. The van der Waals surface area contributed by atoms with Crippen LogP contribution in [-0.2, 0) is 4.79 Å². The molecule has 0 fully saturated rings. The van der Waals surface area contributed by atoms with Crippen molar-refractivity contribution in [2.75, 3.05) is 18.6 Å². The first-order valence-electron chi connectivity index (χ1n) is 8.60. The molecule has 2 aromatic carbocycles. The molecule has 0 aliphatic carbocycles. The summed E-state index contributed by atoms with van der Waals surface area (Å²) in [4.78, 5) is 32.2. The number of Topliss-reactive ketones (excluding diaryl/α,β-unsaturated/α-hetero) is 1. The van der Waals surface area contributed by atoms with Crippen molar-refractivity contribution in [2.24, 2.45) is 0 Å². The molecule has 1 N–H and O–H groups in total. The van der Waals surface area contributed by atoms with E-state index in [1.807, 2.05) is 44.3 Å². The van der Waals surface area contributed by atoms with E-state index in [9.17, 15) is 9.59 Å². The summed E-state index contributed by atoms with van der Waals surface area (Å²) < 4.78 is 1.16. The van der Waals surface area contributed by atoms with Crippen molar-refractivity contribution >= 4 is 38.9 Å². The van der Waals surface area contributed by atoms with Crippen molar-refractivity contribution in [3.63, 3.8) is 0 Å². The third-order valence-corrected chi connectivity index (χ3v) is 6.17. The van der Waals surface area contributed by atoms with Gasteiger partial charge in [0.25, 0.3) is 5.78 Å². The summed E-state index contributed by atoms with van der Waals surface area (Å²) >= 11 is 1.68. The van der Waals surface area contributed by atoms with Crippen LogP contribution in [0.3, 0.4) is 0 Å². The van der Waals surface area contributed by atoms with Crippen LogP contribution < -0.4 is 9.80 Å². The van der Waals surface area contributed by atoms with Gasteiger partial charge in [0.05, 0.1) is 28.5 Å². The van der Waals surface area contributed by atoms with E-state index in [-0.39, 0.29) is 6.04 Å². The number of rotatable bonds is 4. The number of aryl methyl sites for hydroxylation is 1. The average Bonchev–Trinajstić information content (AvgIpc) is 3.16. The molecule has 1 amide bonds. The Balaban J connectivity index is 1.59. The largest absolute Gasteiger partial charge is 0.312 e. The molecule has 4 rings (SSSR count). The van der Waals surface area contributed by atoms with Crippen molar-refractivity contribution in [1.82, 2.24) is 4.98 Å². The third kappa shape index (κ3) is 2.71. The van der Waals surface area contributed by atoms with Gasteiger partial charge in [-0.1, -0.05) is 23.8 Å². The van der Waals surface area contributed by atoms with Gasteiger partial charge in [-0.2, -0.15) is 0 Å². The molecule has 132 valence electrons. The Labute approximate surface area is 155 Å². The van der Waals surface area contributed by atoms with Crippen molar-refractivity contribution in [3.05, 3.63) is 58.6 Å². The highest BCUT2D eigenvalue weighted by molar-refractivity contribution is 7.18. The molecular formula is C20H20N3O2S+. The lowest BCUT2D eigenvalue weighted by atomic mass is 10.1. The van der Waals surface area contributed by atoms with Crippen molar-refractivity contribution in [2.45, 2.75) is 19.9 Å². The molecule has 26 heavy (non-hydrogen) atoms. The first-order valence-corrected chi connectivity index (χ1v) is 9.42. The van der Waals surface area contributed by atoms with Crippen LogP contribution in [0.1, 0.15) is 33.9 Å². The number of ketones is 1. The normalized spacial score (nSPS) is 16.2. The lowest BCUT2D eigenvalue weighted by Crippen LogP contribution is -3.10. The molecule has 3 aromatic rings. The SMILES string of the molecule is Cc1ccc2c(c1)C(=O)C(=O)N2C[NH+](C)[C@@H](C)c1nc2ccccc2s1. The predicted octanol–water partition coefficient (Wildman–Crippen LogP) is 2.37. The van der Waals surface area contributed by atoms with E-state index in [4.69, 9.17) is 4.98 Å². The van der Waals surface area contributed by atoms with Crippen LogP contribution in [0, 0.1) is 6.92 Å². The van der Waals surface area contributed by atoms with Gasteiger partial charge in [0.2, 0.25) is 0 Å². The van der Waals surface area contributed by atoms with E-state index in [0.717, 1.165) is 25.7 Å². The summed E-state index contributed by atoms with van der Waals surface area (Å²) in [5, 5.41) is 1.03. The van der Waals surface area contributed by atoms with E-state index in [0.29, 0.717) is 17.9 Å². The molecule has 0 bridgehead atoms. The number of carbonyl (C=O) groups excluding carboxylic acids is 2. The molecule has 2 heterocycles. The van der Waals surface area contributed by atoms with E-state index >= 15 is 0 Å². The molecule has 0 radical (unpaired) electrons. The maximum atomic E-state index is 12.5. The molecule has 2 atom stereocenters. The van der Waals surface area contributed by atoms with Crippen molar-refractivity contribution in [1.29, 1.82) is 0 Å². The second kappa shape index (κ2) is 6.30. The number of hydrogen-bond donors (Lipinski definition) is 1. The van der Waals surface area contributed by atoms with Crippen LogP contribution in [0.5, 0.6) is 0 Å². The highest BCUT2D eigenvalue weighted by Crippen LogP contribution is 2.29. The summed E-state index contributed by atoms with van der Waals surface area (Å²) in [5.41, 5.74) is 3.20. The number of para-hydroxylation sites is 1. The Kier molecular flexibility index (Phi) is 4.09. The zero-order valence-corrected chi connectivity index (χ0v) is 15.8. The summed E-state index contributed by atoms with van der Waals surface area (Å²) in [6, 6.07) is 13.8. The minimum Gasteiger partial charge on any atom is -0.312 e. The fourth-order valence-electron chi connectivity index (χ4n) is 3.24. The first kappa shape index (κ1) is 16.9. The number of fused-ring (bicyclic) bond motifs is 2. The number of thiazole rings is 1. The molecular weight excluding hydrogens is 346 g/mol. The Bertz CT molecular complexity index is 994. The van der Waals surface area contributed by atoms with Gasteiger partial charge in [-0.15, -0.1) is 11.3 Å². The minimum atomic E-state index is -0.443. The van der Waals surface area contributed by atoms with Crippen molar-refractivity contribution in [3.8, 4) is 0 Å². The molecule has 0 saturated carbocycles. The molecule has 1 aliphatic heterocycles. The third-order valence-electron chi connectivity index (χ3n) is 4.95. The monoisotopic (exact) mass is 366 g/mol. The Hall–Kier alpha value is -2.57. The Morgan fingerprint density at radius 2 is 1.96 bits per heavy atom. The molecule has 5 nitrogen and oxygen atoms in total. The molecule has 1 aliphatic rings.